The first kappa shape index (κ1) is 6.05. The van der Waals surface area contributed by atoms with E-state index in [1.807, 2.05) is 0 Å². The van der Waals surface area contributed by atoms with Crippen molar-refractivity contribution >= 4 is 0 Å². The Morgan fingerprint density at radius 2 is 2.12 bits per heavy atom. The summed E-state index contributed by atoms with van der Waals surface area (Å²) < 4.78 is 0. The van der Waals surface area contributed by atoms with Gasteiger partial charge in [0.2, 0.25) is 0 Å². The van der Waals surface area contributed by atoms with Crippen molar-refractivity contribution in [3.05, 3.63) is 0 Å². The number of likely N-dealkylation sites (N-methyl/N-ethyl adjacent to an activating group) is 2. The van der Waals surface area contributed by atoms with E-state index in [0.29, 0.717) is 0 Å². The first-order chi connectivity index (χ1) is 3.83. The Hall–Kier alpha value is -0.0800. The van der Waals surface area contributed by atoms with E-state index in [1.165, 1.54) is 19.6 Å². The van der Waals surface area contributed by atoms with Crippen molar-refractivity contribution in [2.75, 3.05) is 33.4 Å². The molecule has 2 heteroatoms. The Balaban J connectivity index is 2.22. The molecule has 1 saturated heterocycles. The van der Waals surface area contributed by atoms with Crippen LogP contribution in [0.2, 0.25) is 0 Å². The summed E-state index contributed by atoms with van der Waals surface area (Å²) in [7, 11) is 2.16. The van der Waals surface area contributed by atoms with Gasteiger partial charge in [0, 0.05) is 13.1 Å². The van der Waals surface area contributed by atoms with Crippen LogP contribution in [0.1, 0.15) is 6.92 Å². The van der Waals surface area contributed by atoms with Crippen molar-refractivity contribution in [3.63, 3.8) is 0 Å². The van der Waals surface area contributed by atoms with Crippen LogP contribution in [0.25, 0.3) is 0 Å². The van der Waals surface area contributed by atoms with Crippen LogP contribution in [-0.2, 0) is 0 Å². The number of hydrogen-bond donors (Lipinski definition) is 0. The van der Waals surface area contributed by atoms with E-state index >= 15 is 0 Å². The Labute approximate surface area is 51.1 Å². The lowest BCUT2D eigenvalue weighted by molar-refractivity contribution is 0.286. The first-order valence-corrected chi connectivity index (χ1v) is 3.24. The summed E-state index contributed by atoms with van der Waals surface area (Å²) in [6.45, 7) is 7.07. The van der Waals surface area contributed by atoms with E-state index in [-0.39, 0.29) is 0 Å². The lowest BCUT2D eigenvalue weighted by Gasteiger charge is -2.10. The Bertz CT molecular complexity index is 72.9. The van der Waals surface area contributed by atoms with Crippen LogP contribution in [0.15, 0.2) is 0 Å². The lowest BCUT2D eigenvalue weighted by Crippen LogP contribution is -2.22. The van der Waals surface area contributed by atoms with Crippen LogP contribution >= 0.6 is 0 Å². The third kappa shape index (κ3) is 1.20. The minimum atomic E-state index is 1.16. The average Bonchev–Trinajstić information content (AvgIpc) is 2.14. The maximum Gasteiger partial charge on any atom is 0.0504 e. The van der Waals surface area contributed by atoms with Crippen molar-refractivity contribution in [1.29, 1.82) is 0 Å². The van der Waals surface area contributed by atoms with Gasteiger partial charge in [-0.15, -0.1) is 0 Å². The first-order valence-electron chi connectivity index (χ1n) is 3.24. The van der Waals surface area contributed by atoms with Gasteiger partial charge in [0.15, 0.2) is 0 Å². The van der Waals surface area contributed by atoms with Crippen molar-refractivity contribution in [2.45, 2.75) is 6.92 Å². The van der Waals surface area contributed by atoms with E-state index in [9.17, 15) is 0 Å². The molecule has 0 aromatic rings. The summed E-state index contributed by atoms with van der Waals surface area (Å²) in [5, 5.41) is 0. The standard InChI is InChI=1S/C6H14N2/c1-3-8-5-4-7(2)6-8/h3-6H2,1-2H3. The van der Waals surface area contributed by atoms with E-state index in [1.54, 1.807) is 0 Å². The minimum absolute atomic E-state index is 1.16. The molecular formula is C6H14N2. The van der Waals surface area contributed by atoms with Crippen LogP contribution in [0.4, 0.5) is 0 Å². The molecule has 0 spiro atoms. The highest BCUT2D eigenvalue weighted by atomic mass is 15.4. The second-order valence-electron chi connectivity index (χ2n) is 2.43. The number of rotatable bonds is 1. The van der Waals surface area contributed by atoms with Crippen molar-refractivity contribution in [2.24, 2.45) is 0 Å². The molecule has 48 valence electrons. The SMILES string of the molecule is CCN1CCN(C)C1. The molecule has 8 heavy (non-hydrogen) atoms. The summed E-state index contributed by atoms with van der Waals surface area (Å²) in [6, 6.07) is 0. The molecular weight excluding hydrogens is 100 g/mol. The summed E-state index contributed by atoms with van der Waals surface area (Å²) in [5.41, 5.74) is 0. The van der Waals surface area contributed by atoms with Crippen molar-refractivity contribution < 1.29 is 0 Å². The fraction of sp³-hybridized carbons (Fsp3) is 1.00. The molecule has 0 amide bonds. The fourth-order valence-electron chi connectivity index (χ4n) is 1.05. The van der Waals surface area contributed by atoms with E-state index < -0.39 is 0 Å². The van der Waals surface area contributed by atoms with Gasteiger partial charge in [0.1, 0.15) is 0 Å². The third-order valence-electron chi connectivity index (χ3n) is 1.69. The summed E-state index contributed by atoms with van der Waals surface area (Å²) >= 11 is 0. The van der Waals surface area contributed by atoms with Gasteiger partial charge in [-0.3, -0.25) is 9.80 Å². The number of nitrogens with zero attached hydrogens (tertiary/aromatic N) is 2. The number of hydrogen-bond acceptors (Lipinski definition) is 2. The van der Waals surface area contributed by atoms with Gasteiger partial charge in [-0.25, -0.2) is 0 Å². The summed E-state index contributed by atoms with van der Waals surface area (Å²) in [6.07, 6.45) is 0. The maximum absolute atomic E-state index is 2.43. The van der Waals surface area contributed by atoms with Gasteiger partial charge in [-0.1, -0.05) is 6.92 Å². The van der Waals surface area contributed by atoms with Crippen molar-refractivity contribution in [1.82, 2.24) is 9.80 Å². The molecule has 1 fully saturated rings. The summed E-state index contributed by atoms with van der Waals surface area (Å²) in [4.78, 5) is 4.77. The fourth-order valence-corrected chi connectivity index (χ4v) is 1.05. The van der Waals surface area contributed by atoms with E-state index in [4.69, 9.17) is 0 Å². The monoisotopic (exact) mass is 114 g/mol. The molecule has 0 aliphatic carbocycles. The van der Waals surface area contributed by atoms with Gasteiger partial charge in [-0.2, -0.15) is 0 Å². The van der Waals surface area contributed by atoms with Crippen molar-refractivity contribution in [3.8, 4) is 0 Å². The third-order valence-corrected chi connectivity index (χ3v) is 1.69. The molecule has 1 aliphatic rings. The average molecular weight is 114 g/mol. The molecule has 0 N–H and O–H groups in total. The molecule has 0 unspecified atom stereocenters. The Morgan fingerprint density at radius 1 is 1.38 bits per heavy atom. The highest BCUT2D eigenvalue weighted by molar-refractivity contribution is 4.65. The van der Waals surface area contributed by atoms with E-state index in [2.05, 4.69) is 23.8 Å². The largest absolute Gasteiger partial charge is 0.292 e. The normalized spacial score (nSPS) is 24.8. The second kappa shape index (κ2) is 2.46. The predicted molar refractivity (Wildman–Crippen MR) is 34.7 cm³/mol. The zero-order chi connectivity index (χ0) is 5.98. The molecule has 0 atom stereocenters. The molecule has 0 bridgehead atoms. The zero-order valence-corrected chi connectivity index (χ0v) is 5.72. The van der Waals surface area contributed by atoms with Crippen LogP contribution in [0.5, 0.6) is 0 Å². The Morgan fingerprint density at radius 3 is 2.38 bits per heavy atom. The second-order valence-corrected chi connectivity index (χ2v) is 2.43. The van der Waals surface area contributed by atoms with Gasteiger partial charge >= 0.3 is 0 Å². The maximum atomic E-state index is 2.43. The highest BCUT2D eigenvalue weighted by Crippen LogP contribution is 1.98. The molecule has 1 heterocycles. The van der Waals surface area contributed by atoms with Gasteiger partial charge in [-0.05, 0) is 13.6 Å². The molecule has 0 saturated carbocycles. The summed E-state index contributed by atoms with van der Waals surface area (Å²) in [5.74, 6) is 0. The van der Waals surface area contributed by atoms with Gasteiger partial charge < -0.3 is 0 Å². The highest BCUT2D eigenvalue weighted by Gasteiger charge is 2.12. The predicted octanol–water partition coefficient (Wildman–Crippen LogP) is 0.211. The van der Waals surface area contributed by atoms with Crippen LogP contribution in [0, 0.1) is 0 Å². The van der Waals surface area contributed by atoms with Gasteiger partial charge in [0.25, 0.3) is 0 Å². The Kier molecular flexibility index (Phi) is 1.86. The molecule has 1 aliphatic heterocycles. The quantitative estimate of drug-likeness (QED) is 0.481. The molecule has 0 aromatic heterocycles. The molecule has 2 nitrogen and oxygen atoms in total. The van der Waals surface area contributed by atoms with Crippen LogP contribution < -0.4 is 0 Å². The minimum Gasteiger partial charge on any atom is -0.292 e. The van der Waals surface area contributed by atoms with E-state index in [0.717, 1.165) is 6.67 Å². The topological polar surface area (TPSA) is 6.48 Å². The molecule has 0 aromatic carbocycles. The van der Waals surface area contributed by atoms with Crippen LogP contribution in [0.3, 0.4) is 0 Å². The smallest absolute Gasteiger partial charge is 0.0504 e. The van der Waals surface area contributed by atoms with Gasteiger partial charge in [0.05, 0.1) is 6.67 Å². The zero-order valence-electron chi connectivity index (χ0n) is 5.72. The van der Waals surface area contributed by atoms with Crippen LogP contribution in [-0.4, -0.2) is 43.2 Å². The molecule has 0 radical (unpaired) electrons. The lowest BCUT2D eigenvalue weighted by atomic mass is 10.6. The molecule has 1 rings (SSSR count).